The molecule has 4 nitrogen and oxygen atoms in total. The lowest BCUT2D eigenvalue weighted by Gasteiger charge is -2.22. The van der Waals surface area contributed by atoms with Crippen LogP contribution in [0.15, 0.2) is 35.5 Å². The van der Waals surface area contributed by atoms with E-state index in [1.165, 1.54) is 0 Å². The van der Waals surface area contributed by atoms with E-state index in [0.717, 1.165) is 29.0 Å². The minimum atomic E-state index is -1.63. The van der Waals surface area contributed by atoms with Gasteiger partial charge in [0.25, 0.3) is 0 Å². The molecule has 2 aromatic rings. The van der Waals surface area contributed by atoms with Crippen LogP contribution in [0.25, 0.3) is 0 Å². The maximum absolute atomic E-state index is 6.18. The fraction of sp³-hybridized carbons (Fsp3) is 0.412. The summed E-state index contributed by atoms with van der Waals surface area (Å²) in [6, 6.07) is 8.23. The third-order valence-corrected chi connectivity index (χ3v) is 4.16. The first-order valence-corrected chi connectivity index (χ1v) is 11.1. The van der Waals surface area contributed by atoms with Gasteiger partial charge in [-0.15, -0.1) is 0 Å². The Morgan fingerprint density at radius 2 is 2.05 bits per heavy atom. The maximum Gasteiger partial charge on any atom is 0.242 e. The number of nitrogens with one attached hydrogen (secondary N) is 1. The number of H-pyrrole nitrogens is 1. The highest BCUT2D eigenvalue weighted by molar-refractivity contribution is 6.70. The lowest BCUT2D eigenvalue weighted by molar-refractivity contribution is 0.543. The molecule has 0 fully saturated rings. The summed E-state index contributed by atoms with van der Waals surface area (Å²) in [5.41, 5.74) is 3.29. The summed E-state index contributed by atoms with van der Waals surface area (Å²) in [4.78, 5) is 4.69. The molecule has 2 rings (SSSR count). The van der Waals surface area contributed by atoms with E-state index in [1.54, 1.807) is 0 Å². The van der Waals surface area contributed by atoms with Crippen molar-refractivity contribution in [3.05, 3.63) is 47.3 Å². The van der Waals surface area contributed by atoms with Gasteiger partial charge in [-0.3, -0.25) is 10.1 Å². The Morgan fingerprint density at radius 1 is 1.32 bits per heavy atom. The second-order valence-corrected chi connectivity index (χ2v) is 10.8. The van der Waals surface area contributed by atoms with E-state index in [9.17, 15) is 0 Å². The van der Waals surface area contributed by atoms with E-state index in [-0.39, 0.29) is 6.04 Å². The normalized spacial score (nSPS) is 13.5. The molecule has 5 heteroatoms. The molecule has 0 aliphatic rings. The van der Waals surface area contributed by atoms with Gasteiger partial charge in [0.15, 0.2) is 0 Å². The highest BCUT2D eigenvalue weighted by Crippen LogP contribution is 2.29. The molecular formula is C17H25N3OSi. The number of para-hydroxylation sites is 1. The first-order chi connectivity index (χ1) is 10.4. The molecule has 1 aromatic heterocycles. The quantitative estimate of drug-likeness (QED) is 0.636. The SMILES string of the molecule is CCc1[nH]ncc1C=NC(C)c1ccccc1O[Si](C)(C)C. The summed E-state index contributed by atoms with van der Waals surface area (Å²) in [6.45, 7) is 10.8. The van der Waals surface area contributed by atoms with Crippen LogP contribution in [0.4, 0.5) is 0 Å². The Morgan fingerprint density at radius 3 is 2.73 bits per heavy atom. The zero-order valence-electron chi connectivity index (χ0n) is 14.1. The van der Waals surface area contributed by atoms with Gasteiger partial charge < -0.3 is 4.43 Å². The molecule has 0 saturated heterocycles. The average molecular weight is 315 g/mol. The van der Waals surface area contributed by atoms with Crippen LogP contribution in [0.5, 0.6) is 5.75 Å². The largest absolute Gasteiger partial charge is 0.544 e. The van der Waals surface area contributed by atoms with E-state index in [4.69, 9.17) is 4.43 Å². The van der Waals surface area contributed by atoms with Crippen LogP contribution < -0.4 is 4.43 Å². The van der Waals surface area contributed by atoms with E-state index < -0.39 is 8.32 Å². The summed E-state index contributed by atoms with van der Waals surface area (Å²) in [6.07, 6.45) is 4.64. The molecule has 1 aromatic carbocycles. The summed E-state index contributed by atoms with van der Waals surface area (Å²) >= 11 is 0. The van der Waals surface area contributed by atoms with Crippen molar-refractivity contribution in [3.8, 4) is 5.75 Å². The summed E-state index contributed by atoms with van der Waals surface area (Å²) in [5, 5.41) is 7.08. The average Bonchev–Trinajstić information content (AvgIpc) is 2.91. The molecule has 0 bridgehead atoms. The van der Waals surface area contributed by atoms with Gasteiger partial charge in [0.2, 0.25) is 8.32 Å². The van der Waals surface area contributed by atoms with Crippen LogP contribution >= 0.6 is 0 Å². The van der Waals surface area contributed by atoms with Crippen molar-refractivity contribution in [2.24, 2.45) is 4.99 Å². The standard InChI is InChI=1S/C17H25N3OSi/c1-6-16-14(12-19-20-16)11-18-13(2)15-9-7-8-10-17(15)21-22(3,4)5/h7-13H,6H2,1-5H3,(H,19,20). The fourth-order valence-corrected chi connectivity index (χ4v) is 3.08. The van der Waals surface area contributed by atoms with E-state index in [0.29, 0.717) is 0 Å². The van der Waals surface area contributed by atoms with Crippen LogP contribution in [-0.2, 0) is 6.42 Å². The lowest BCUT2D eigenvalue weighted by atomic mass is 10.1. The van der Waals surface area contributed by atoms with Crippen molar-refractivity contribution in [3.63, 3.8) is 0 Å². The highest BCUT2D eigenvalue weighted by Gasteiger charge is 2.19. The van der Waals surface area contributed by atoms with Gasteiger partial charge in [0.1, 0.15) is 5.75 Å². The topological polar surface area (TPSA) is 50.3 Å². The summed E-state index contributed by atoms with van der Waals surface area (Å²) in [5.74, 6) is 0.953. The Bertz CT molecular complexity index is 643. The molecule has 0 aliphatic heterocycles. The zero-order valence-corrected chi connectivity index (χ0v) is 15.1. The number of rotatable bonds is 6. The minimum absolute atomic E-state index is 0.0483. The van der Waals surface area contributed by atoms with Crippen molar-refractivity contribution < 1.29 is 4.43 Å². The van der Waals surface area contributed by atoms with Gasteiger partial charge in [-0.1, -0.05) is 25.1 Å². The first-order valence-electron chi connectivity index (χ1n) is 7.74. The van der Waals surface area contributed by atoms with Gasteiger partial charge in [-0.05, 0) is 39.1 Å². The molecule has 0 radical (unpaired) electrons. The molecule has 0 saturated carbocycles. The molecule has 0 spiro atoms. The first kappa shape index (κ1) is 16.5. The van der Waals surface area contributed by atoms with Crippen molar-refractivity contribution >= 4 is 14.5 Å². The molecule has 118 valence electrons. The smallest absolute Gasteiger partial charge is 0.242 e. The third-order valence-electron chi connectivity index (χ3n) is 3.33. The Labute approximate surface area is 133 Å². The minimum Gasteiger partial charge on any atom is -0.544 e. The van der Waals surface area contributed by atoms with E-state index >= 15 is 0 Å². The molecular weight excluding hydrogens is 290 g/mol. The number of aryl methyl sites for hydroxylation is 1. The van der Waals surface area contributed by atoms with Crippen molar-refractivity contribution in [2.75, 3.05) is 0 Å². The fourth-order valence-electron chi connectivity index (χ4n) is 2.24. The third kappa shape index (κ3) is 4.30. The second kappa shape index (κ2) is 6.92. The number of aromatic nitrogens is 2. The predicted octanol–water partition coefficient (Wildman–Crippen LogP) is 4.37. The Hall–Kier alpha value is -1.88. The van der Waals surface area contributed by atoms with Gasteiger partial charge in [-0.2, -0.15) is 5.10 Å². The van der Waals surface area contributed by atoms with Crippen LogP contribution in [0.3, 0.4) is 0 Å². The van der Waals surface area contributed by atoms with Crippen molar-refractivity contribution in [2.45, 2.75) is 46.0 Å². The molecule has 22 heavy (non-hydrogen) atoms. The number of aromatic amines is 1. The Balaban J connectivity index is 2.21. The predicted molar refractivity (Wildman–Crippen MR) is 94.4 cm³/mol. The van der Waals surface area contributed by atoms with Crippen LogP contribution in [0.2, 0.25) is 19.6 Å². The van der Waals surface area contributed by atoms with E-state index in [1.807, 2.05) is 30.6 Å². The van der Waals surface area contributed by atoms with E-state index in [2.05, 4.69) is 54.7 Å². The Kier molecular flexibility index (Phi) is 5.18. The number of aliphatic imine (C=N–C) groups is 1. The number of hydrogen-bond donors (Lipinski definition) is 1. The monoisotopic (exact) mass is 315 g/mol. The molecule has 1 unspecified atom stereocenters. The summed E-state index contributed by atoms with van der Waals surface area (Å²) in [7, 11) is -1.63. The second-order valence-electron chi connectivity index (χ2n) is 6.36. The molecule has 1 heterocycles. The molecule has 0 amide bonds. The van der Waals surface area contributed by atoms with Gasteiger partial charge in [-0.25, -0.2) is 0 Å². The summed E-state index contributed by atoms with van der Waals surface area (Å²) < 4.78 is 6.18. The van der Waals surface area contributed by atoms with Gasteiger partial charge in [0.05, 0.1) is 12.2 Å². The van der Waals surface area contributed by atoms with Crippen LogP contribution in [0.1, 0.15) is 36.7 Å². The van der Waals surface area contributed by atoms with Crippen LogP contribution in [0, 0.1) is 0 Å². The van der Waals surface area contributed by atoms with Crippen molar-refractivity contribution in [1.82, 2.24) is 10.2 Å². The number of hydrogen-bond acceptors (Lipinski definition) is 3. The number of nitrogens with zero attached hydrogens (tertiary/aromatic N) is 2. The zero-order chi connectivity index (χ0) is 16.2. The molecule has 1 N–H and O–H groups in total. The highest BCUT2D eigenvalue weighted by atomic mass is 28.4. The number of benzene rings is 1. The lowest BCUT2D eigenvalue weighted by Crippen LogP contribution is -2.29. The molecule has 0 aliphatic carbocycles. The maximum atomic E-state index is 6.18. The van der Waals surface area contributed by atoms with Crippen molar-refractivity contribution in [1.29, 1.82) is 0 Å². The molecule has 1 atom stereocenters. The van der Waals surface area contributed by atoms with Crippen LogP contribution in [-0.4, -0.2) is 24.7 Å². The van der Waals surface area contributed by atoms with Gasteiger partial charge >= 0.3 is 0 Å². The van der Waals surface area contributed by atoms with Gasteiger partial charge in [0, 0.05) is 23.0 Å².